The number of fused-ring (bicyclic) bond motifs is 3. The molecule has 12 nitrogen and oxygen atoms in total. The average Bonchev–Trinajstić information content (AvgIpc) is 3.52. The summed E-state index contributed by atoms with van der Waals surface area (Å²) in [6.45, 7) is 6.13. The van der Waals surface area contributed by atoms with Gasteiger partial charge in [-0.3, -0.25) is 9.69 Å². The third-order valence-corrected chi connectivity index (χ3v) is 7.22. The predicted molar refractivity (Wildman–Crippen MR) is 142 cm³/mol. The molecule has 0 spiro atoms. The highest BCUT2D eigenvalue weighted by atomic mass is 16.6. The van der Waals surface area contributed by atoms with Crippen molar-refractivity contribution in [1.82, 2.24) is 15.1 Å². The van der Waals surface area contributed by atoms with Crippen LogP contribution in [0.15, 0.2) is 24.3 Å². The van der Waals surface area contributed by atoms with E-state index in [1.54, 1.807) is 33.9 Å². The number of nitrogens with one attached hydrogen (secondary N) is 1. The normalized spacial score (nSPS) is 24.4. The summed E-state index contributed by atoms with van der Waals surface area (Å²) in [5.41, 5.74) is 0.964. The Balaban J connectivity index is 1.60. The van der Waals surface area contributed by atoms with Gasteiger partial charge < -0.3 is 34.3 Å². The summed E-state index contributed by atoms with van der Waals surface area (Å²) in [6, 6.07) is 1.40. The van der Waals surface area contributed by atoms with Crippen LogP contribution in [0.4, 0.5) is 9.59 Å². The third kappa shape index (κ3) is 6.43. The van der Waals surface area contributed by atoms with Gasteiger partial charge in [-0.15, -0.1) is 0 Å². The highest BCUT2D eigenvalue weighted by molar-refractivity contribution is 5.90. The van der Waals surface area contributed by atoms with Crippen LogP contribution in [-0.2, 0) is 32.2 Å². The zero-order valence-electron chi connectivity index (χ0n) is 23.3. The van der Waals surface area contributed by atoms with E-state index in [2.05, 4.69) is 5.32 Å². The Morgan fingerprint density at radius 3 is 2.60 bits per heavy atom. The Hall–Kier alpha value is -3.96. The number of aliphatic carboxylic acids is 1. The van der Waals surface area contributed by atoms with Crippen LogP contribution in [0, 0.1) is 5.41 Å². The molecule has 2 N–H and O–H groups in total. The maximum Gasteiger partial charge on any atom is 0.410 e. The smallest absolute Gasteiger partial charge is 0.410 e. The van der Waals surface area contributed by atoms with Gasteiger partial charge in [-0.1, -0.05) is 39.0 Å². The number of allylic oxidation sites excluding steroid dienone is 1. The predicted octanol–water partition coefficient (Wildman–Crippen LogP) is 3.07. The molecule has 0 radical (unpaired) electrons. The molecular weight excluding hydrogens is 522 g/mol. The van der Waals surface area contributed by atoms with E-state index < -0.39 is 47.7 Å². The van der Waals surface area contributed by atoms with Crippen LogP contribution in [0.1, 0.15) is 51.2 Å². The summed E-state index contributed by atoms with van der Waals surface area (Å²) in [4.78, 5) is 54.1. The number of nitrogens with zero attached hydrogens (tertiary/aromatic N) is 2. The number of ether oxygens (including phenoxy) is 4. The number of methoxy groups -OCH3 is 1. The number of benzene rings is 1. The SMILES string of the molecule is COc1ccc2c3c1OCC=CCCCOC(=O)N[C@@H](C(C)(C)C)C(=O)N1C[C@@H](CC1C(=O)O)OC(=O)N(C2)C3. The van der Waals surface area contributed by atoms with E-state index in [4.69, 9.17) is 18.9 Å². The molecule has 0 aliphatic carbocycles. The van der Waals surface area contributed by atoms with Gasteiger partial charge in [0, 0.05) is 18.5 Å². The molecule has 1 saturated heterocycles. The van der Waals surface area contributed by atoms with Gasteiger partial charge in [-0.2, -0.15) is 0 Å². The molecule has 3 atom stereocenters. The fourth-order valence-corrected chi connectivity index (χ4v) is 5.10. The molecule has 12 heteroatoms. The highest BCUT2D eigenvalue weighted by Gasteiger charge is 2.46. The standard InChI is InChI=1S/C28H37N3O9/c1-28(2,3)23-24(32)31-15-18(13-20(31)25(33)34)40-27(36)30-14-17-9-10-21(37-4)22(19(17)16-30)38-11-7-5-6-8-12-39-26(35)29-23/h5,7,9-10,18,20,23H,6,8,11-16H2,1-4H3,(H,29,35)(H,33,34)/t18-,20?,23-/m1/s1. The summed E-state index contributed by atoms with van der Waals surface area (Å²) in [6.07, 6.45) is 2.69. The lowest BCUT2D eigenvalue weighted by Crippen LogP contribution is -2.57. The van der Waals surface area contributed by atoms with Crippen LogP contribution < -0.4 is 14.8 Å². The summed E-state index contributed by atoms with van der Waals surface area (Å²) in [5, 5.41) is 12.5. The van der Waals surface area contributed by atoms with Crippen LogP contribution in [0.2, 0.25) is 0 Å². The van der Waals surface area contributed by atoms with E-state index in [-0.39, 0.29) is 32.7 Å². The number of amides is 3. The Morgan fingerprint density at radius 1 is 1.12 bits per heavy atom. The van der Waals surface area contributed by atoms with Crippen LogP contribution in [0.5, 0.6) is 11.5 Å². The largest absolute Gasteiger partial charge is 0.493 e. The van der Waals surface area contributed by atoms with E-state index in [9.17, 15) is 24.3 Å². The van der Waals surface area contributed by atoms with E-state index >= 15 is 0 Å². The third-order valence-electron chi connectivity index (χ3n) is 7.22. The van der Waals surface area contributed by atoms with Crippen LogP contribution in [0.3, 0.4) is 0 Å². The molecule has 1 unspecified atom stereocenters. The van der Waals surface area contributed by atoms with Crippen LogP contribution in [-0.4, -0.2) is 84.0 Å². The second-order valence-corrected chi connectivity index (χ2v) is 11.2. The Labute approximate surface area is 233 Å². The fourth-order valence-electron chi connectivity index (χ4n) is 5.10. The molecule has 0 aromatic heterocycles. The van der Waals surface area contributed by atoms with E-state index in [1.165, 1.54) is 9.80 Å². The Bertz CT molecular complexity index is 1180. The second-order valence-electron chi connectivity index (χ2n) is 11.2. The van der Waals surface area contributed by atoms with Crippen molar-refractivity contribution < 1.29 is 43.2 Å². The van der Waals surface area contributed by atoms with Gasteiger partial charge >= 0.3 is 18.2 Å². The van der Waals surface area contributed by atoms with Gasteiger partial charge in [0.1, 0.15) is 24.8 Å². The number of carboxylic acid groups (broad SMARTS) is 1. The van der Waals surface area contributed by atoms with Crippen molar-refractivity contribution in [1.29, 1.82) is 0 Å². The molecule has 0 saturated carbocycles. The van der Waals surface area contributed by atoms with Crippen molar-refractivity contribution in [2.45, 2.75) is 71.3 Å². The van der Waals surface area contributed by atoms with Crippen LogP contribution >= 0.6 is 0 Å². The molecule has 4 bridgehead atoms. The van der Waals surface area contributed by atoms with Crippen molar-refractivity contribution in [3.05, 3.63) is 35.4 Å². The number of alkyl carbamates (subject to hydrolysis) is 1. The lowest BCUT2D eigenvalue weighted by molar-refractivity contribution is -0.150. The van der Waals surface area contributed by atoms with E-state index in [1.807, 2.05) is 18.2 Å². The molecule has 218 valence electrons. The number of carbonyl (C=O) groups excluding carboxylic acids is 3. The van der Waals surface area contributed by atoms with Gasteiger partial charge in [0.25, 0.3) is 0 Å². The molecule has 3 heterocycles. The number of carboxylic acids is 1. The van der Waals surface area contributed by atoms with Gasteiger partial charge in [0.2, 0.25) is 5.91 Å². The molecule has 40 heavy (non-hydrogen) atoms. The highest BCUT2D eigenvalue weighted by Crippen LogP contribution is 2.39. The number of cyclic esters (lactones) is 1. The summed E-state index contributed by atoms with van der Waals surface area (Å²) in [7, 11) is 1.55. The minimum absolute atomic E-state index is 0.0660. The zero-order valence-corrected chi connectivity index (χ0v) is 23.3. The zero-order chi connectivity index (χ0) is 29.0. The average molecular weight is 560 g/mol. The second kappa shape index (κ2) is 12.1. The van der Waals surface area contributed by atoms with Crippen molar-refractivity contribution in [2.75, 3.05) is 26.9 Å². The first-order chi connectivity index (χ1) is 19.0. The molecular formula is C28H37N3O9. The van der Waals surface area contributed by atoms with E-state index in [0.717, 1.165) is 11.1 Å². The number of hydrogen-bond acceptors (Lipinski definition) is 8. The Kier molecular flexibility index (Phi) is 8.75. The summed E-state index contributed by atoms with van der Waals surface area (Å²) < 4.78 is 22.5. The minimum atomic E-state index is -1.22. The number of hydrogen-bond donors (Lipinski definition) is 2. The maximum atomic E-state index is 13.6. The Morgan fingerprint density at radius 2 is 1.90 bits per heavy atom. The summed E-state index contributed by atoms with van der Waals surface area (Å²) in [5.74, 6) is -0.704. The van der Waals surface area contributed by atoms with Crippen LogP contribution in [0.25, 0.3) is 0 Å². The molecule has 3 aliphatic heterocycles. The molecule has 1 aromatic rings. The summed E-state index contributed by atoms with van der Waals surface area (Å²) >= 11 is 0. The molecule has 1 aromatic carbocycles. The topological polar surface area (TPSA) is 144 Å². The monoisotopic (exact) mass is 559 g/mol. The van der Waals surface area contributed by atoms with Crippen molar-refractivity contribution in [2.24, 2.45) is 5.41 Å². The lowest BCUT2D eigenvalue weighted by atomic mass is 9.85. The lowest BCUT2D eigenvalue weighted by Gasteiger charge is -2.34. The van der Waals surface area contributed by atoms with Gasteiger partial charge in [0.15, 0.2) is 11.5 Å². The first-order valence-corrected chi connectivity index (χ1v) is 13.4. The van der Waals surface area contributed by atoms with Gasteiger partial charge in [-0.05, 0) is 29.9 Å². The molecule has 3 amide bonds. The molecule has 4 rings (SSSR count). The molecule has 3 aliphatic rings. The quantitative estimate of drug-likeness (QED) is 0.523. The molecule has 1 fully saturated rings. The fraction of sp³-hybridized carbons (Fsp3) is 0.571. The van der Waals surface area contributed by atoms with Crippen molar-refractivity contribution in [3.63, 3.8) is 0 Å². The number of rotatable bonds is 2. The number of carbonyl (C=O) groups is 4. The van der Waals surface area contributed by atoms with Crippen molar-refractivity contribution >= 4 is 24.1 Å². The maximum absolute atomic E-state index is 13.6. The van der Waals surface area contributed by atoms with Crippen molar-refractivity contribution in [3.8, 4) is 11.5 Å². The minimum Gasteiger partial charge on any atom is -0.493 e. The first kappa shape index (κ1) is 29.0. The van der Waals surface area contributed by atoms with Gasteiger partial charge in [0.05, 0.1) is 26.8 Å². The first-order valence-electron chi connectivity index (χ1n) is 13.4. The van der Waals surface area contributed by atoms with E-state index in [0.29, 0.717) is 30.9 Å². The van der Waals surface area contributed by atoms with Gasteiger partial charge in [-0.25, -0.2) is 14.4 Å².